The number of aromatic hydroxyl groups is 1. The number of hydrogen-bond acceptors (Lipinski definition) is 5. The van der Waals surface area contributed by atoms with Gasteiger partial charge in [0.1, 0.15) is 17.4 Å². The average Bonchev–Trinajstić information content (AvgIpc) is 2.70. The van der Waals surface area contributed by atoms with E-state index in [2.05, 4.69) is 15.4 Å². The number of carbonyl (C=O) groups is 1. The molecule has 1 amide bonds. The summed E-state index contributed by atoms with van der Waals surface area (Å²) in [5.74, 6) is -0.629. The van der Waals surface area contributed by atoms with Crippen LogP contribution in [0.2, 0.25) is 0 Å². The second-order valence-corrected chi connectivity index (χ2v) is 3.52. The minimum absolute atomic E-state index is 0.0690. The highest BCUT2D eigenvalue weighted by molar-refractivity contribution is 6.06. The molecule has 0 aliphatic carbocycles. The molecule has 7 nitrogen and oxygen atoms in total. The molecule has 0 aliphatic heterocycles. The van der Waals surface area contributed by atoms with E-state index in [-0.39, 0.29) is 22.7 Å². The van der Waals surface area contributed by atoms with Crippen LogP contribution in [0.3, 0.4) is 0 Å². The Kier molecular flexibility index (Phi) is 2.93. The molecule has 90 valence electrons. The molecule has 2 N–H and O–H groups in total. The molecule has 2 aromatic heterocycles. The highest BCUT2D eigenvalue weighted by Gasteiger charge is 2.15. The van der Waals surface area contributed by atoms with Crippen molar-refractivity contribution in [1.82, 2.24) is 14.8 Å². The maximum atomic E-state index is 11.9. The fourth-order valence-electron chi connectivity index (χ4n) is 1.42. The maximum absolute atomic E-state index is 11.9. The molecule has 0 unspecified atom stereocenters. The normalized spacial score (nSPS) is 9.78. The molecule has 0 saturated carbocycles. The molecule has 2 aromatic rings. The van der Waals surface area contributed by atoms with Crippen LogP contribution in [0.4, 0.5) is 5.82 Å². The zero-order valence-electron chi connectivity index (χ0n) is 9.45. The first-order valence-corrected chi connectivity index (χ1v) is 5.00. The second-order valence-electron chi connectivity index (χ2n) is 3.52. The Bertz CT molecular complexity index is 641. The number of aryl methyl sites for hydroxylation is 1. The van der Waals surface area contributed by atoms with Crippen molar-refractivity contribution in [1.29, 1.82) is 5.26 Å². The number of hydrogen-bond donors (Lipinski definition) is 2. The van der Waals surface area contributed by atoms with Gasteiger partial charge in [0.25, 0.3) is 5.91 Å². The van der Waals surface area contributed by atoms with Crippen LogP contribution in [0.5, 0.6) is 5.75 Å². The van der Waals surface area contributed by atoms with Crippen molar-refractivity contribution in [2.45, 2.75) is 0 Å². The highest BCUT2D eigenvalue weighted by atomic mass is 16.3. The quantitative estimate of drug-likeness (QED) is 0.805. The topological polar surface area (TPSA) is 104 Å². The van der Waals surface area contributed by atoms with Gasteiger partial charge in [0.05, 0.1) is 11.8 Å². The number of carbonyl (C=O) groups excluding carboxylic acids is 1. The number of anilines is 1. The zero-order valence-corrected chi connectivity index (χ0v) is 9.45. The number of amides is 1. The van der Waals surface area contributed by atoms with Crippen LogP contribution in [-0.4, -0.2) is 25.8 Å². The van der Waals surface area contributed by atoms with Crippen molar-refractivity contribution in [2.75, 3.05) is 5.32 Å². The molecule has 0 atom stereocenters. The van der Waals surface area contributed by atoms with E-state index in [4.69, 9.17) is 5.26 Å². The van der Waals surface area contributed by atoms with Gasteiger partial charge in [-0.05, 0) is 6.07 Å². The lowest BCUT2D eigenvalue weighted by Crippen LogP contribution is -2.13. The van der Waals surface area contributed by atoms with Crippen LogP contribution in [-0.2, 0) is 7.05 Å². The van der Waals surface area contributed by atoms with Crippen LogP contribution < -0.4 is 5.32 Å². The number of rotatable bonds is 2. The van der Waals surface area contributed by atoms with E-state index in [1.807, 2.05) is 6.07 Å². The van der Waals surface area contributed by atoms with Gasteiger partial charge >= 0.3 is 0 Å². The Hall–Kier alpha value is -2.88. The van der Waals surface area contributed by atoms with Crippen molar-refractivity contribution in [3.8, 4) is 11.8 Å². The number of pyridine rings is 1. The van der Waals surface area contributed by atoms with E-state index in [9.17, 15) is 9.90 Å². The first-order chi connectivity index (χ1) is 8.61. The maximum Gasteiger partial charge on any atom is 0.260 e. The van der Waals surface area contributed by atoms with E-state index in [1.54, 1.807) is 7.05 Å². The van der Waals surface area contributed by atoms with E-state index < -0.39 is 5.91 Å². The second kappa shape index (κ2) is 4.55. The summed E-state index contributed by atoms with van der Waals surface area (Å²) in [6, 6.07) is 3.29. The third-order valence-electron chi connectivity index (χ3n) is 2.23. The summed E-state index contributed by atoms with van der Waals surface area (Å²) in [6.07, 6.45) is 4.04. The number of nitrogens with one attached hydrogen (secondary N) is 1. The fourth-order valence-corrected chi connectivity index (χ4v) is 1.42. The molecule has 2 heterocycles. The van der Waals surface area contributed by atoms with E-state index >= 15 is 0 Å². The van der Waals surface area contributed by atoms with Gasteiger partial charge in [-0.15, -0.1) is 0 Å². The summed E-state index contributed by atoms with van der Waals surface area (Å²) < 4.78 is 1.42. The van der Waals surface area contributed by atoms with Crippen LogP contribution >= 0.6 is 0 Å². The lowest BCUT2D eigenvalue weighted by atomic mass is 10.2. The summed E-state index contributed by atoms with van der Waals surface area (Å²) in [7, 11) is 1.64. The molecule has 0 bridgehead atoms. The Morgan fingerprint density at radius 3 is 3.06 bits per heavy atom. The summed E-state index contributed by atoms with van der Waals surface area (Å²) >= 11 is 0. The highest BCUT2D eigenvalue weighted by Crippen LogP contribution is 2.17. The molecule has 0 saturated heterocycles. The summed E-state index contributed by atoms with van der Waals surface area (Å²) in [6.45, 7) is 0. The van der Waals surface area contributed by atoms with E-state index in [0.29, 0.717) is 0 Å². The SMILES string of the molecule is Cn1cc(C#N)c(NC(=O)c2ccncc2O)n1. The van der Waals surface area contributed by atoms with Crippen LogP contribution in [0, 0.1) is 11.3 Å². The van der Waals surface area contributed by atoms with Gasteiger partial charge < -0.3 is 10.4 Å². The zero-order chi connectivity index (χ0) is 13.1. The van der Waals surface area contributed by atoms with Crippen LogP contribution in [0.1, 0.15) is 15.9 Å². The monoisotopic (exact) mass is 243 g/mol. The van der Waals surface area contributed by atoms with Gasteiger partial charge in [-0.3, -0.25) is 14.5 Å². The van der Waals surface area contributed by atoms with Crippen molar-refractivity contribution in [2.24, 2.45) is 7.05 Å². The lowest BCUT2D eigenvalue weighted by molar-refractivity contribution is 0.102. The molecule has 0 fully saturated rings. The molecule has 0 aromatic carbocycles. The minimum Gasteiger partial charge on any atom is -0.505 e. The molecule has 18 heavy (non-hydrogen) atoms. The smallest absolute Gasteiger partial charge is 0.260 e. The summed E-state index contributed by atoms with van der Waals surface area (Å²) in [5, 5.41) is 24.7. The van der Waals surface area contributed by atoms with Crippen LogP contribution in [0.25, 0.3) is 0 Å². The summed E-state index contributed by atoms with van der Waals surface area (Å²) in [4.78, 5) is 15.5. The average molecular weight is 243 g/mol. The standard InChI is InChI=1S/C11H9N5O2/c1-16-6-7(4-12)10(15-16)14-11(18)8-2-3-13-5-9(8)17/h2-3,5-6,17H,1H3,(H,14,15,18). The van der Waals surface area contributed by atoms with Gasteiger partial charge in [-0.2, -0.15) is 10.4 Å². The first-order valence-electron chi connectivity index (χ1n) is 5.00. The van der Waals surface area contributed by atoms with Crippen molar-refractivity contribution in [3.05, 3.63) is 35.8 Å². The predicted molar refractivity (Wildman–Crippen MR) is 61.8 cm³/mol. The van der Waals surface area contributed by atoms with E-state index in [1.165, 1.54) is 29.3 Å². The molecule has 0 radical (unpaired) electrons. The van der Waals surface area contributed by atoms with Gasteiger partial charge in [0, 0.05) is 19.4 Å². The van der Waals surface area contributed by atoms with Gasteiger partial charge in [0.2, 0.25) is 0 Å². The van der Waals surface area contributed by atoms with Crippen molar-refractivity contribution < 1.29 is 9.90 Å². The van der Waals surface area contributed by atoms with Crippen molar-refractivity contribution in [3.63, 3.8) is 0 Å². The largest absolute Gasteiger partial charge is 0.505 e. The molecule has 7 heteroatoms. The fraction of sp³-hybridized carbons (Fsp3) is 0.0909. The van der Waals surface area contributed by atoms with Crippen LogP contribution in [0.15, 0.2) is 24.7 Å². The van der Waals surface area contributed by atoms with E-state index in [0.717, 1.165) is 0 Å². The number of nitriles is 1. The van der Waals surface area contributed by atoms with Gasteiger partial charge in [-0.1, -0.05) is 0 Å². The molecule has 2 rings (SSSR count). The molecule has 0 aliphatic rings. The Morgan fingerprint density at radius 2 is 2.39 bits per heavy atom. The third kappa shape index (κ3) is 2.12. The lowest BCUT2D eigenvalue weighted by Gasteiger charge is -2.03. The summed E-state index contributed by atoms with van der Waals surface area (Å²) in [5.41, 5.74) is 0.318. The minimum atomic E-state index is -0.551. The Labute approximate surface area is 102 Å². The van der Waals surface area contributed by atoms with Crippen molar-refractivity contribution >= 4 is 11.7 Å². The molecular weight excluding hydrogens is 234 g/mol. The number of aromatic nitrogens is 3. The Balaban J connectivity index is 2.27. The number of nitrogens with zero attached hydrogens (tertiary/aromatic N) is 4. The third-order valence-corrected chi connectivity index (χ3v) is 2.23. The Morgan fingerprint density at radius 1 is 1.61 bits per heavy atom. The van der Waals surface area contributed by atoms with Gasteiger partial charge in [0.15, 0.2) is 5.82 Å². The first kappa shape index (κ1) is 11.6. The van der Waals surface area contributed by atoms with Gasteiger partial charge in [-0.25, -0.2) is 0 Å². The molecule has 0 spiro atoms. The molecular formula is C11H9N5O2. The predicted octanol–water partition coefficient (Wildman–Crippen LogP) is 0.645.